The Balaban J connectivity index is 1.17. The van der Waals surface area contributed by atoms with E-state index in [1.807, 2.05) is 20.9 Å². The number of likely N-dealkylation sites (N-methyl/N-ethyl adjacent to an activating group) is 1. The van der Waals surface area contributed by atoms with E-state index in [-0.39, 0.29) is 29.9 Å². The molecule has 1 aliphatic carbocycles. The van der Waals surface area contributed by atoms with Crippen molar-refractivity contribution in [3.63, 3.8) is 0 Å². The van der Waals surface area contributed by atoms with Crippen LogP contribution in [0.4, 0.5) is 10.4 Å². The molecule has 0 N–H and O–H groups in total. The van der Waals surface area contributed by atoms with Crippen molar-refractivity contribution in [1.29, 1.82) is 0 Å². The highest BCUT2D eigenvalue weighted by atomic mass is 19.1. The standard InChI is InChI=1S/C27H39FN4O4/c1-19(2)25-29-26(36-30-25)32-13-9-21(10-14-32)34-15-16-35-22-8-7-20(23(28)18-22)17-24(33)31(4)27(3)11-5-6-12-27/h7-8,18-19,21H,5-6,9-17H2,1-4H3. The van der Waals surface area contributed by atoms with Crippen LogP contribution in [0.3, 0.4) is 0 Å². The van der Waals surface area contributed by atoms with Crippen LogP contribution >= 0.6 is 0 Å². The number of hydrogen-bond donors (Lipinski definition) is 0. The highest BCUT2D eigenvalue weighted by molar-refractivity contribution is 5.79. The molecule has 36 heavy (non-hydrogen) atoms. The molecule has 2 aromatic rings. The van der Waals surface area contributed by atoms with Gasteiger partial charge in [0.25, 0.3) is 0 Å². The highest BCUT2D eigenvalue weighted by Gasteiger charge is 2.35. The van der Waals surface area contributed by atoms with Crippen molar-refractivity contribution in [3.05, 3.63) is 35.4 Å². The van der Waals surface area contributed by atoms with Gasteiger partial charge in [0.05, 0.1) is 19.1 Å². The van der Waals surface area contributed by atoms with Crippen molar-refractivity contribution in [3.8, 4) is 5.75 Å². The summed E-state index contributed by atoms with van der Waals surface area (Å²) in [5.74, 6) is 0.937. The lowest BCUT2D eigenvalue weighted by molar-refractivity contribution is -0.134. The maximum atomic E-state index is 14.7. The van der Waals surface area contributed by atoms with Gasteiger partial charge in [0.1, 0.15) is 18.2 Å². The Hall–Kier alpha value is -2.68. The Morgan fingerprint density at radius 3 is 2.61 bits per heavy atom. The summed E-state index contributed by atoms with van der Waals surface area (Å²) in [5, 5.41) is 4.03. The van der Waals surface area contributed by atoms with Crippen molar-refractivity contribution < 1.29 is 23.2 Å². The first-order valence-electron chi connectivity index (χ1n) is 13.1. The van der Waals surface area contributed by atoms with Crippen LogP contribution in [0, 0.1) is 5.82 Å². The van der Waals surface area contributed by atoms with E-state index in [1.54, 1.807) is 17.0 Å². The largest absolute Gasteiger partial charge is 0.491 e. The number of ether oxygens (including phenoxy) is 2. The van der Waals surface area contributed by atoms with Gasteiger partial charge in [-0.2, -0.15) is 4.98 Å². The van der Waals surface area contributed by atoms with Gasteiger partial charge >= 0.3 is 6.01 Å². The van der Waals surface area contributed by atoms with E-state index in [9.17, 15) is 9.18 Å². The van der Waals surface area contributed by atoms with Crippen LogP contribution in [-0.4, -0.2) is 65.9 Å². The number of nitrogens with zero attached hydrogens (tertiary/aromatic N) is 4. The third-order valence-electron chi connectivity index (χ3n) is 7.60. The first-order valence-corrected chi connectivity index (χ1v) is 13.1. The third-order valence-corrected chi connectivity index (χ3v) is 7.60. The fourth-order valence-corrected chi connectivity index (χ4v) is 4.99. The number of anilines is 1. The molecule has 0 spiro atoms. The number of halogens is 1. The lowest BCUT2D eigenvalue weighted by Gasteiger charge is -2.35. The molecular weight excluding hydrogens is 463 g/mol. The number of amides is 1. The number of hydrogen-bond acceptors (Lipinski definition) is 7. The molecule has 0 radical (unpaired) electrons. The topological polar surface area (TPSA) is 80.9 Å². The molecular formula is C27H39FN4O4. The van der Waals surface area contributed by atoms with Gasteiger partial charge in [-0.05, 0) is 44.2 Å². The molecule has 0 unspecified atom stereocenters. The van der Waals surface area contributed by atoms with Gasteiger partial charge in [0.15, 0.2) is 5.82 Å². The smallest absolute Gasteiger partial charge is 0.324 e. The van der Waals surface area contributed by atoms with Crippen LogP contribution in [-0.2, 0) is 16.0 Å². The summed E-state index contributed by atoms with van der Waals surface area (Å²) in [4.78, 5) is 21.1. The minimum absolute atomic E-state index is 0.0501. The zero-order valence-corrected chi connectivity index (χ0v) is 22.0. The molecule has 1 aliphatic heterocycles. The fraction of sp³-hybridized carbons (Fsp3) is 0.667. The number of piperidine rings is 1. The van der Waals surface area contributed by atoms with Crippen molar-refractivity contribution >= 4 is 11.9 Å². The summed E-state index contributed by atoms with van der Waals surface area (Å²) in [6.07, 6.45) is 6.21. The Morgan fingerprint density at radius 2 is 1.97 bits per heavy atom. The van der Waals surface area contributed by atoms with Crippen LogP contribution in [0.1, 0.15) is 76.6 Å². The second kappa shape index (κ2) is 11.6. The van der Waals surface area contributed by atoms with Crippen LogP contribution in [0.2, 0.25) is 0 Å². The van der Waals surface area contributed by atoms with Crippen LogP contribution in [0.15, 0.2) is 22.7 Å². The molecule has 0 bridgehead atoms. The SMILES string of the molecule is CC(C)c1noc(N2CCC(OCCOc3ccc(CC(=O)N(C)C4(C)CCCC4)c(F)c3)CC2)n1. The molecule has 1 saturated heterocycles. The van der Waals surface area contributed by atoms with Crippen molar-refractivity contribution in [1.82, 2.24) is 15.0 Å². The molecule has 198 valence electrons. The summed E-state index contributed by atoms with van der Waals surface area (Å²) in [6, 6.07) is 5.30. The van der Waals surface area contributed by atoms with E-state index in [4.69, 9.17) is 14.0 Å². The van der Waals surface area contributed by atoms with E-state index in [1.165, 1.54) is 6.07 Å². The lowest BCUT2D eigenvalue weighted by Crippen LogP contribution is -2.45. The summed E-state index contributed by atoms with van der Waals surface area (Å²) in [6.45, 7) is 8.55. The molecule has 1 aromatic heterocycles. The predicted molar refractivity (Wildman–Crippen MR) is 135 cm³/mol. The fourth-order valence-electron chi connectivity index (χ4n) is 4.99. The first-order chi connectivity index (χ1) is 17.2. The number of rotatable bonds is 10. The number of aromatic nitrogens is 2. The molecule has 2 heterocycles. The summed E-state index contributed by atoms with van der Waals surface area (Å²) in [7, 11) is 1.83. The van der Waals surface area contributed by atoms with Gasteiger partial charge in [-0.3, -0.25) is 4.79 Å². The molecule has 9 heteroatoms. The zero-order chi connectivity index (χ0) is 25.7. The van der Waals surface area contributed by atoms with Crippen molar-refractivity contribution in [2.45, 2.75) is 83.3 Å². The third kappa shape index (κ3) is 6.35. The Labute approximate surface area is 213 Å². The lowest BCUT2D eigenvalue weighted by atomic mass is 9.97. The zero-order valence-electron chi connectivity index (χ0n) is 22.0. The Bertz CT molecular complexity index is 1010. The summed E-state index contributed by atoms with van der Waals surface area (Å²) in [5.41, 5.74) is 0.280. The van der Waals surface area contributed by atoms with Gasteiger partial charge in [0, 0.05) is 37.7 Å². The van der Waals surface area contributed by atoms with Gasteiger partial charge in [-0.1, -0.05) is 37.9 Å². The maximum Gasteiger partial charge on any atom is 0.324 e. The Kier molecular flexibility index (Phi) is 8.49. The molecule has 1 amide bonds. The van der Waals surface area contributed by atoms with E-state index in [0.29, 0.717) is 30.5 Å². The van der Waals surface area contributed by atoms with Gasteiger partial charge in [-0.15, -0.1) is 0 Å². The second-order valence-corrected chi connectivity index (χ2v) is 10.6. The maximum absolute atomic E-state index is 14.7. The summed E-state index contributed by atoms with van der Waals surface area (Å²) >= 11 is 0. The van der Waals surface area contributed by atoms with Crippen LogP contribution < -0.4 is 9.64 Å². The van der Waals surface area contributed by atoms with E-state index in [2.05, 4.69) is 22.0 Å². The molecule has 1 aromatic carbocycles. The molecule has 4 rings (SSSR count). The minimum Gasteiger partial charge on any atom is -0.491 e. The molecule has 2 aliphatic rings. The summed E-state index contributed by atoms with van der Waals surface area (Å²) < 4.78 is 31.7. The van der Waals surface area contributed by atoms with Crippen molar-refractivity contribution in [2.75, 3.05) is 38.3 Å². The average molecular weight is 503 g/mol. The highest BCUT2D eigenvalue weighted by Crippen LogP contribution is 2.34. The Morgan fingerprint density at radius 1 is 1.25 bits per heavy atom. The quantitative estimate of drug-likeness (QED) is 0.435. The van der Waals surface area contributed by atoms with Crippen LogP contribution in [0.5, 0.6) is 5.75 Å². The van der Waals surface area contributed by atoms with E-state index >= 15 is 0 Å². The van der Waals surface area contributed by atoms with Crippen LogP contribution in [0.25, 0.3) is 0 Å². The predicted octanol–water partition coefficient (Wildman–Crippen LogP) is 4.73. The number of carbonyl (C=O) groups is 1. The second-order valence-electron chi connectivity index (χ2n) is 10.6. The molecule has 2 fully saturated rings. The molecule has 0 atom stereocenters. The minimum atomic E-state index is -0.416. The monoisotopic (exact) mass is 502 g/mol. The van der Waals surface area contributed by atoms with Gasteiger partial charge in [0.2, 0.25) is 5.91 Å². The molecule has 8 nitrogen and oxygen atoms in total. The van der Waals surface area contributed by atoms with Gasteiger partial charge in [-0.25, -0.2) is 4.39 Å². The normalized spacial score (nSPS) is 18.1. The number of benzene rings is 1. The molecule has 1 saturated carbocycles. The van der Waals surface area contributed by atoms with Crippen molar-refractivity contribution in [2.24, 2.45) is 0 Å². The van der Waals surface area contributed by atoms with E-state index in [0.717, 1.165) is 57.4 Å². The average Bonchev–Trinajstić information content (AvgIpc) is 3.54. The van der Waals surface area contributed by atoms with Gasteiger partial charge < -0.3 is 23.8 Å². The first kappa shape index (κ1) is 26.4. The number of carbonyl (C=O) groups excluding carboxylic acids is 1. The van der Waals surface area contributed by atoms with E-state index < -0.39 is 5.82 Å².